The number of piperidine rings is 1. The zero-order chi connectivity index (χ0) is 41.5. The lowest BCUT2D eigenvalue weighted by atomic mass is 9.84. The van der Waals surface area contributed by atoms with E-state index in [2.05, 4.69) is 46.7 Å². The fourth-order valence-corrected chi connectivity index (χ4v) is 8.18. The van der Waals surface area contributed by atoms with Crippen molar-refractivity contribution in [1.29, 1.82) is 0 Å². The van der Waals surface area contributed by atoms with Crippen LogP contribution in [0.15, 0.2) is 152 Å². The Labute approximate surface area is 356 Å². The number of ether oxygens (including phenoxy) is 3. The number of aliphatic hydroxyl groups is 2. The number of nitrogens with one attached hydrogen (secondary N) is 2. The van der Waals surface area contributed by atoms with Crippen LogP contribution in [0.5, 0.6) is 11.5 Å². The molecule has 308 valence electrons. The van der Waals surface area contributed by atoms with Gasteiger partial charge in [0, 0.05) is 48.4 Å². The van der Waals surface area contributed by atoms with Crippen molar-refractivity contribution in [2.75, 3.05) is 25.0 Å². The van der Waals surface area contributed by atoms with Crippen LogP contribution < -0.4 is 15.4 Å². The molecule has 0 saturated carbocycles. The first-order valence-corrected chi connectivity index (χ1v) is 20.9. The summed E-state index contributed by atoms with van der Waals surface area (Å²) in [5.74, 6) is 1.45. The molecule has 6 aromatic rings. The van der Waals surface area contributed by atoms with E-state index in [1.54, 1.807) is 12.1 Å². The van der Waals surface area contributed by atoms with E-state index in [4.69, 9.17) is 25.8 Å². The molecular weight excluding hydrogens is 774 g/mol. The van der Waals surface area contributed by atoms with Gasteiger partial charge >= 0.3 is 6.03 Å². The summed E-state index contributed by atoms with van der Waals surface area (Å²) in [6.45, 7) is 4.64. The predicted molar refractivity (Wildman–Crippen MR) is 235 cm³/mol. The minimum Gasteiger partial charge on any atom is -0.457 e. The highest BCUT2D eigenvalue weighted by molar-refractivity contribution is 6.30. The van der Waals surface area contributed by atoms with Crippen molar-refractivity contribution < 1.29 is 29.2 Å². The molecule has 10 heteroatoms. The zero-order valence-electron chi connectivity index (χ0n) is 33.5. The van der Waals surface area contributed by atoms with Gasteiger partial charge in [-0.2, -0.15) is 0 Å². The summed E-state index contributed by atoms with van der Waals surface area (Å²) in [5.41, 5.74) is 6.40. The smallest absolute Gasteiger partial charge is 0.319 e. The van der Waals surface area contributed by atoms with Gasteiger partial charge in [0.25, 0.3) is 0 Å². The molecule has 2 saturated heterocycles. The largest absolute Gasteiger partial charge is 0.457 e. The molecular formula is C50H50ClN3O6. The maximum atomic E-state index is 12.9. The molecule has 0 spiro atoms. The molecule has 4 atom stereocenters. The van der Waals surface area contributed by atoms with Crippen molar-refractivity contribution in [2.24, 2.45) is 5.92 Å². The lowest BCUT2D eigenvalue weighted by Crippen LogP contribution is -2.49. The number of urea groups is 1. The van der Waals surface area contributed by atoms with Crippen LogP contribution in [0, 0.1) is 5.92 Å². The van der Waals surface area contributed by atoms with Gasteiger partial charge in [0.15, 0.2) is 6.29 Å². The number of amides is 2. The van der Waals surface area contributed by atoms with E-state index < -0.39 is 11.9 Å². The topological polar surface area (TPSA) is 113 Å². The number of rotatable bonds is 12. The summed E-state index contributed by atoms with van der Waals surface area (Å²) in [6, 6.07) is 48.3. The van der Waals surface area contributed by atoms with Crippen LogP contribution in [-0.4, -0.2) is 46.9 Å². The third-order valence-electron chi connectivity index (χ3n) is 11.6. The summed E-state index contributed by atoms with van der Waals surface area (Å²) >= 11 is 6.13. The quantitative estimate of drug-likeness (QED) is 0.0972. The minimum absolute atomic E-state index is 0.0230. The number of para-hydroxylation sites is 1. The number of hydrogen-bond donors (Lipinski definition) is 4. The van der Waals surface area contributed by atoms with Crippen LogP contribution in [0.4, 0.5) is 10.5 Å². The number of halogens is 1. The van der Waals surface area contributed by atoms with Crippen LogP contribution >= 0.6 is 11.6 Å². The molecule has 8 rings (SSSR count). The number of anilines is 1. The van der Waals surface area contributed by atoms with E-state index in [0.29, 0.717) is 42.4 Å². The second-order valence-corrected chi connectivity index (χ2v) is 16.2. The predicted octanol–water partition coefficient (Wildman–Crippen LogP) is 10.4. The zero-order valence-corrected chi connectivity index (χ0v) is 34.3. The molecule has 2 amide bonds. The van der Waals surface area contributed by atoms with Crippen LogP contribution in [0.3, 0.4) is 0 Å². The van der Waals surface area contributed by atoms with E-state index in [9.17, 15) is 15.0 Å². The van der Waals surface area contributed by atoms with E-state index >= 15 is 0 Å². The van der Waals surface area contributed by atoms with Crippen molar-refractivity contribution in [3.05, 3.63) is 184 Å². The normalized spacial score (nSPS) is 20.3. The van der Waals surface area contributed by atoms with Crippen LogP contribution in [0.1, 0.15) is 60.0 Å². The van der Waals surface area contributed by atoms with Crippen LogP contribution in [0.25, 0.3) is 11.1 Å². The Balaban J connectivity index is 0.932. The number of aliphatic hydroxyl groups excluding tert-OH is 1. The van der Waals surface area contributed by atoms with Gasteiger partial charge < -0.3 is 40.0 Å². The van der Waals surface area contributed by atoms with Gasteiger partial charge in [0.1, 0.15) is 11.5 Å². The third-order valence-corrected chi connectivity index (χ3v) is 11.8. The van der Waals surface area contributed by atoms with Crippen molar-refractivity contribution in [3.63, 3.8) is 0 Å². The molecule has 2 fully saturated rings. The average molecular weight is 824 g/mol. The van der Waals surface area contributed by atoms with Gasteiger partial charge in [-0.15, -0.1) is 0 Å². The molecule has 2 heterocycles. The van der Waals surface area contributed by atoms with Gasteiger partial charge in [-0.1, -0.05) is 110 Å². The van der Waals surface area contributed by atoms with Crippen molar-refractivity contribution >= 4 is 23.3 Å². The molecule has 0 bridgehead atoms. The number of carbonyl (C=O) groups excluding carboxylic acids is 1. The van der Waals surface area contributed by atoms with Gasteiger partial charge in [-0.05, 0) is 107 Å². The molecule has 4 unspecified atom stereocenters. The first-order valence-electron chi connectivity index (χ1n) is 20.5. The number of nitrogens with zero attached hydrogens (tertiary/aromatic N) is 1. The SMILES string of the molecule is CC1C(CN2CCC(O)(c3ccc(Cl)cc3)CC2)OC(c2cccc(-c3cccc(CNC(=O)Nc4ccc(Oc5ccccc5)cc4)c3)c2)OC1c1ccc(CO)cc1. The Morgan fingerprint density at radius 3 is 2.17 bits per heavy atom. The highest BCUT2D eigenvalue weighted by atomic mass is 35.5. The van der Waals surface area contributed by atoms with Gasteiger partial charge in [-0.3, -0.25) is 0 Å². The molecule has 60 heavy (non-hydrogen) atoms. The minimum atomic E-state index is -0.894. The highest BCUT2D eigenvalue weighted by Gasteiger charge is 2.41. The highest BCUT2D eigenvalue weighted by Crippen LogP contribution is 2.43. The number of benzene rings is 6. The van der Waals surface area contributed by atoms with Crippen LogP contribution in [-0.2, 0) is 28.2 Å². The average Bonchev–Trinajstić information content (AvgIpc) is 3.28. The maximum absolute atomic E-state index is 12.9. The van der Waals surface area contributed by atoms with Crippen molar-refractivity contribution in [1.82, 2.24) is 10.2 Å². The summed E-state index contributed by atoms with van der Waals surface area (Å²) in [6.07, 6.45) is 0.196. The molecule has 0 aromatic heterocycles. The van der Waals surface area contributed by atoms with Crippen molar-refractivity contribution in [3.8, 4) is 22.6 Å². The Bertz CT molecular complexity index is 2330. The van der Waals surface area contributed by atoms with Gasteiger partial charge in [0.05, 0.1) is 24.4 Å². The second-order valence-electron chi connectivity index (χ2n) is 15.7. The van der Waals surface area contributed by atoms with Crippen LogP contribution in [0.2, 0.25) is 5.02 Å². The monoisotopic (exact) mass is 823 g/mol. The number of carbonyl (C=O) groups is 1. The Hall–Kier alpha value is -5.52. The van der Waals surface area contributed by atoms with Gasteiger partial charge in [-0.25, -0.2) is 4.79 Å². The fraction of sp³-hybridized carbons (Fsp3) is 0.260. The van der Waals surface area contributed by atoms with E-state index in [-0.39, 0.29) is 30.8 Å². The lowest BCUT2D eigenvalue weighted by molar-refractivity contribution is -0.277. The Morgan fingerprint density at radius 2 is 1.45 bits per heavy atom. The Kier molecular flexibility index (Phi) is 12.9. The molecule has 0 aliphatic carbocycles. The molecule has 6 aromatic carbocycles. The summed E-state index contributed by atoms with van der Waals surface area (Å²) in [5, 5.41) is 27.8. The first kappa shape index (κ1) is 41.2. The number of hydrogen-bond acceptors (Lipinski definition) is 7. The molecule has 0 radical (unpaired) electrons. The van der Waals surface area contributed by atoms with E-state index in [0.717, 1.165) is 57.8 Å². The maximum Gasteiger partial charge on any atom is 0.319 e. The lowest BCUT2D eigenvalue weighted by Gasteiger charge is -2.45. The number of likely N-dealkylation sites (tertiary alicyclic amines) is 1. The molecule has 2 aliphatic rings. The van der Waals surface area contributed by atoms with Gasteiger partial charge in [0.2, 0.25) is 0 Å². The molecule has 2 aliphatic heterocycles. The summed E-state index contributed by atoms with van der Waals surface area (Å²) < 4.78 is 19.5. The third kappa shape index (κ3) is 10.1. The summed E-state index contributed by atoms with van der Waals surface area (Å²) in [4.78, 5) is 15.2. The van der Waals surface area contributed by atoms with E-state index in [1.807, 2.05) is 115 Å². The van der Waals surface area contributed by atoms with E-state index in [1.165, 1.54) is 0 Å². The first-order chi connectivity index (χ1) is 29.2. The van der Waals surface area contributed by atoms with Crippen molar-refractivity contribution in [2.45, 2.75) is 57.0 Å². The molecule has 9 nitrogen and oxygen atoms in total. The standard InChI is InChI=1S/C50H50ClN3O6/c1-34-46(32-54-27-25-50(57,26-28-54)41-17-19-42(51)20-18-41)59-48(60-47(34)37-15-13-35(33-55)14-16-37)40-10-6-9-39(30-40)38-8-5-7-36(29-38)31-52-49(56)53-43-21-23-45(24-22-43)58-44-11-3-2-4-12-44/h2-24,29-30,34,46-48,55,57H,25-28,31-33H2,1H3,(H2,52,53,56). The second kappa shape index (κ2) is 18.8. The Morgan fingerprint density at radius 1 is 0.767 bits per heavy atom. The fourth-order valence-electron chi connectivity index (χ4n) is 8.05. The summed E-state index contributed by atoms with van der Waals surface area (Å²) in [7, 11) is 0. The molecule has 4 N–H and O–H groups in total.